The second-order valence-electron chi connectivity index (χ2n) is 2.79. The fourth-order valence-electron chi connectivity index (χ4n) is 0.894. The van der Waals surface area contributed by atoms with Gasteiger partial charge in [0.1, 0.15) is 6.04 Å². The normalized spacial score (nSPS) is 14.2. The molecule has 6 heteroatoms. The topological polar surface area (TPSA) is 87.7 Å². The van der Waals surface area contributed by atoms with Gasteiger partial charge in [0.2, 0.25) is 12.3 Å². The van der Waals surface area contributed by atoms with E-state index in [4.69, 9.17) is 9.84 Å². The molecule has 2 atom stereocenters. The molecule has 0 unspecified atom stereocenters. The van der Waals surface area contributed by atoms with Gasteiger partial charge in [0.05, 0.1) is 12.7 Å². The van der Waals surface area contributed by atoms with Gasteiger partial charge in [-0.1, -0.05) is 0 Å². The van der Waals surface area contributed by atoms with Crippen molar-refractivity contribution in [3.8, 4) is 0 Å². The lowest BCUT2D eigenvalue weighted by Gasteiger charge is -2.18. The highest BCUT2D eigenvalue weighted by atomic mass is 16.5. The Morgan fingerprint density at radius 1 is 1.64 bits per heavy atom. The first-order valence-electron chi connectivity index (χ1n) is 4.28. The third kappa shape index (κ3) is 4.78. The number of carbonyl (C=O) groups is 2. The number of carbonyl (C=O) groups excluding carboxylic acids is 2. The van der Waals surface area contributed by atoms with E-state index in [1.807, 2.05) is 0 Å². The molecule has 82 valence electrons. The summed E-state index contributed by atoms with van der Waals surface area (Å²) in [5.74, 6) is -0.427. The van der Waals surface area contributed by atoms with Crippen LogP contribution >= 0.6 is 0 Å². The summed E-state index contributed by atoms with van der Waals surface area (Å²) >= 11 is 0. The predicted octanol–water partition coefficient (Wildman–Crippen LogP) is -1.76. The molecule has 0 aromatic heterocycles. The summed E-state index contributed by atoms with van der Waals surface area (Å²) < 4.78 is 4.73. The number of amides is 2. The molecule has 0 rings (SSSR count). The van der Waals surface area contributed by atoms with E-state index < -0.39 is 18.1 Å². The Bertz CT molecular complexity index is 184. The number of nitrogens with one attached hydrogen (secondary N) is 2. The number of hydrogen-bond donors (Lipinski definition) is 3. The van der Waals surface area contributed by atoms with Crippen molar-refractivity contribution in [2.24, 2.45) is 0 Å². The average Bonchev–Trinajstić information content (AvgIpc) is 2.13. The van der Waals surface area contributed by atoms with E-state index >= 15 is 0 Å². The maximum Gasteiger partial charge on any atom is 0.245 e. The first kappa shape index (κ1) is 12.9. The Morgan fingerprint density at radius 3 is 2.71 bits per heavy atom. The molecular formula is C8H16N2O4. The molecule has 0 bridgehead atoms. The van der Waals surface area contributed by atoms with Gasteiger partial charge in [0.15, 0.2) is 0 Å². The first-order valence-corrected chi connectivity index (χ1v) is 4.28. The quantitative estimate of drug-likeness (QED) is 0.339. The molecule has 14 heavy (non-hydrogen) atoms. The SMILES string of the molecule is COCCNC(=O)[C@@H](NC=O)[C@@H](C)O. The van der Waals surface area contributed by atoms with Crippen molar-refractivity contribution in [3.63, 3.8) is 0 Å². The van der Waals surface area contributed by atoms with Crippen LogP contribution in [0.5, 0.6) is 0 Å². The Morgan fingerprint density at radius 2 is 2.29 bits per heavy atom. The summed E-state index contributed by atoms with van der Waals surface area (Å²) in [4.78, 5) is 21.4. The minimum atomic E-state index is -0.928. The van der Waals surface area contributed by atoms with Crippen LogP contribution in [-0.4, -0.2) is 49.8 Å². The highest BCUT2D eigenvalue weighted by Crippen LogP contribution is 1.91. The van der Waals surface area contributed by atoms with Gasteiger partial charge >= 0.3 is 0 Å². The molecule has 0 saturated heterocycles. The van der Waals surface area contributed by atoms with Crippen molar-refractivity contribution >= 4 is 12.3 Å². The standard InChI is InChI=1S/C8H16N2O4/c1-6(12)7(10-5-11)8(13)9-3-4-14-2/h5-7,12H,3-4H2,1-2H3,(H,9,13)(H,10,11)/t6-,7+/m1/s1. The molecule has 0 saturated carbocycles. The van der Waals surface area contributed by atoms with Crippen LogP contribution in [0.3, 0.4) is 0 Å². The molecule has 2 amide bonds. The zero-order valence-electron chi connectivity index (χ0n) is 8.32. The number of ether oxygens (including phenoxy) is 1. The molecule has 0 aliphatic carbocycles. The third-order valence-electron chi connectivity index (χ3n) is 1.62. The maximum absolute atomic E-state index is 11.3. The fraction of sp³-hybridized carbons (Fsp3) is 0.750. The fourth-order valence-corrected chi connectivity index (χ4v) is 0.894. The number of aliphatic hydroxyl groups is 1. The number of hydrogen-bond acceptors (Lipinski definition) is 4. The van der Waals surface area contributed by atoms with Crippen molar-refractivity contribution in [2.45, 2.75) is 19.1 Å². The van der Waals surface area contributed by atoms with E-state index in [1.165, 1.54) is 14.0 Å². The molecule has 0 aliphatic rings. The van der Waals surface area contributed by atoms with Gasteiger partial charge in [-0.25, -0.2) is 0 Å². The Labute approximate surface area is 82.6 Å². The maximum atomic E-state index is 11.3. The lowest BCUT2D eigenvalue weighted by atomic mass is 10.2. The van der Waals surface area contributed by atoms with Gasteiger partial charge in [-0.2, -0.15) is 0 Å². The van der Waals surface area contributed by atoms with Crippen molar-refractivity contribution in [1.29, 1.82) is 0 Å². The number of methoxy groups -OCH3 is 1. The molecule has 3 N–H and O–H groups in total. The Balaban J connectivity index is 3.95. The van der Waals surface area contributed by atoms with Gasteiger partial charge in [-0.05, 0) is 6.92 Å². The number of rotatable bonds is 7. The first-order chi connectivity index (χ1) is 6.63. The lowest BCUT2D eigenvalue weighted by Crippen LogP contribution is -2.50. The highest BCUT2D eigenvalue weighted by molar-refractivity contribution is 5.84. The summed E-state index contributed by atoms with van der Waals surface area (Å²) in [6.45, 7) is 2.16. The highest BCUT2D eigenvalue weighted by Gasteiger charge is 2.21. The molecule has 0 heterocycles. The molecule has 0 spiro atoms. The molecule has 0 aromatic carbocycles. The van der Waals surface area contributed by atoms with Crippen molar-refractivity contribution < 1.29 is 19.4 Å². The van der Waals surface area contributed by atoms with E-state index in [1.54, 1.807) is 0 Å². The van der Waals surface area contributed by atoms with E-state index in [0.717, 1.165) is 0 Å². The Kier molecular flexibility index (Phi) is 6.69. The van der Waals surface area contributed by atoms with E-state index in [-0.39, 0.29) is 0 Å². The summed E-state index contributed by atoms with van der Waals surface area (Å²) in [5.41, 5.74) is 0. The van der Waals surface area contributed by atoms with Gasteiger partial charge in [0, 0.05) is 13.7 Å². The van der Waals surface area contributed by atoms with Crippen LogP contribution < -0.4 is 10.6 Å². The minimum Gasteiger partial charge on any atom is -0.391 e. The van der Waals surface area contributed by atoms with Crippen LogP contribution in [0.25, 0.3) is 0 Å². The van der Waals surface area contributed by atoms with E-state index in [2.05, 4.69) is 10.6 Å². The van der Waals surface area contributed by atoms with Gasteiger partial charge in [0.25, 0.3) is 0 Å². The van der Waals surface area contributed by atoms with Crippen LogP contribution in [0.2, 0.25) is 0 Å². The van der Waals surface area contributed by atoms with Crippen LogP contribution in [-0.2, 0) is 14.3 Å². The van der Waals surface area contributed by atoms with Crippen LogP contribution in [0.15, 0.2) is 0 Å². The molecule has 0 radical (unpaired) electrons. The predicted molar refractivity (Wildman–Crippen MR) is 49.6 cm³/mol. The van der Waals surface area contributed by atoms with Gasteiger partial charge < -0.3 is 20.5 Å². The molecule has 0 aromatic rings. The van der Waals surface area contributed by atoms with Crippen LogP contribution in [0.4, 0.5) is 0 Å². The zero-order valence-corrected chi connectivity index (χ0v) is 8.32. The Hall–Kier alpha value is -1.14. The van der Waals surface area contributed by atoms with Crippen LogP contribution in [0.1, 0.15) is 6.92 Å². The van der Waals surface area contributed by atoms with Crippen molar-refractivity contribution in [2.75, 3.05) is 20.3 Å². The lowest BCUT2D eigenvalue weighted by molar-refractivity contribution is -0.128. The molecule has 0 aliphatic heterocycles. The summed E-state index contributed by atoms with van der Waals surface area (Å²) in [7, 11) is 1.52. The smallest absolute Gasteiger partial charge is 0.245 e. The summed E-state index contributed by atoms with van der Waals surface area (Å²) in [5, 5.41) is 13.9. The second-order valence-corrected chi connectivity index (χ2v) is 2.79. The van der Waals surface area contributed by atoms with Gasteiger partial charge in [-0.3, -0.25) is 9.59 Å². The van der Waals surface area contributed by atoms with E-state index in [0.29, 0.717) is 19.6 Å². The van der Waals surface area contributed by atoms with E-state index in [9.17, 15) is 9.59 Å². The average molecular weight is 204 g/mol. The number of aliphatic hydroxyl groups excluding tert-OH is 1. The minimum absolute atomic E-state index is 0.346. The monoisotopic (exact) mass is 204 g/mol. The van der Waals surface area contributed by atoms with Crippen LogP contribution in [0, 0.1) is 0 Å². The zero-order chi connectivity index (χ0) is 11.0. The van der Waals surface area contributed by atoms with Crippen molar-refractivity contribution in [1.82, 2.24) is 10.6 Å². The van der Waals surface area contributed by atoms with Crippen molar-refractivity contribution in [3.05, 3.63) is 0 Å². The summed E-state index contributed by atoms with van der Waals surface area (Å²) in [6, 6.07) is -0.913. The third-order valence-corrected chi connectivity index (χ3v) is 1.62. The molecular weight excluding hydrogens is 188 g/mol. The molecule has 0 fully saturated rings. The van der Waals surface area contributed by atoms with Gasteiger partial charge in [-0.15, -0.1) is 0 Å². The summed E-state index contributed by atoms with van der Waals surface area (Å²) in [6.07, 6.45) is -0.546. The second kappa shape index (κ2) is 7.28. The molecule has 6 nitrogen and oxygen atoms in total. The largest absolute Gasteiger partial charge is 0.391 e.